The van der Waals surface area contributed by atoms with E-state index in [0.717, 1.165) is 30.4 Å². The minimum atomic E-state index is 0.801. The van der Waals surface area contributed by atoms with Crippen LogP contribution < -0.4 is 4.90 Å². The second-order valence-corrected chi connectivity index (χ2v) is 5.75. The third-order valence-corrected chi connectivity index (χ3v) is 4.07. The summed E-state index contributed by atoms with van der Waals surface area (Å²) in [5, 5.41) is 2.08. The third kappa shape index (κ3) is 3.01. The molecule has 1 aliphatic heterocycles. The van der Waals surface area contributed by atoms with Crippen molar-refractivity contribution >= 4 is 29.3 Å². The van der Waals surface area contributed by atoms with Gasteiger partial charge in [0.15, 0.2) is 5.82 Å². The molecule has 0 aromatic carbocycles. The van der Waals surface area contributed by atoms with Gasteiger partial charge in [0.25, 0.3) is 0 Å². The maximum atomic E-state index is 4.65. The van der Waals surface area contributed by atoms with Gasteiger partial charge in [0.2, 0.25) is 0 Å². The fourth-order valence-corrected chi connectivity index (χ4v) is 2.92. The zero-order chi connectivity index (χ0) is 13.1. The highest BCUT2D eigenvalue weighted by molar-refractivity contribution is 7.10. The molecule has 0 bridgehead atoms. The summed E-state index contributed by atoms with van der Waals surface area (Å²) in [6, 6.07) is 6.23. The van der Waals surface area contributed by atoms with Gasteiger partial charge in [-0.2, -0.15) is 0 Å². The van der Waals surface area contributed by atoms with Gasteiger partial charge in [0.1, 0.15) is 5.82 Å². The Labute approximate surface area is 117 Å². The molecular weight excluding hydrogens is 254 g/mol. The highest BCUT2D eigenvalue weighted by Crippen LogP contribution is 2.19. The van der Waals surface area contributed by atoms with Crippen LogP contribution in [-0.4, -0.2) is 23.1 Å². The molecule has 0 N–H and O–H groups in total. The summed E-state index contributed by atoms with van der Waals surface area (Å²) in [7, 11) is 0. The molecule has 0 unspecified atom stereocenters. The zero-order valence-electron chi connectivity index (χ0n) is 11.0. The standard InChI is InChI=1S/C15H17N3S/c1-12-11-15(18-8-2-3-9-18)17-14(16-12)7-6-13-5-4-10-19-13/h4-7,10-11H,2-3,8-9H2,1H3/b7-6+. The minimum absolute atomic E-state index is 0.801. The fraction of sp³-hybridized carbons (Fsp3) is 0.333. The van der Waals surface area contributed by atoms with E-state index in [1.165, 1.54) is 17.7 Å². The van der Waals surface area contributed by atoms with Gasteiger partial charge in [-0.3, -0.25) is 0 Å². The van der Waals surface area contributed by atoms with Crippen LogP contribution in [0.25, 0.3) is 12.2 Å². The second-order valence-electron chi connectivity index (χ2n) is 4.77. The van der Waals surface area contributed by atoms with Gasteiger partial charge in [-0.05, 0) is 43.4 Å². The first kappa shape index (κ1) is 12.4. The Hall–Kier alpha value is -1.68. The number of aromatic nitrogens is 2. The molecule has 2 aromatic heterocycles. The quantitative estimate of drug-likeness (QED) is 0.854. The lowest BCUT2D eigenvalue weighted by molar-refractivity contribution is 0.915. The van der Waals surface area contributed by atoms with E-state index in [-0.39, 0.29) is 0 Å². The number of rotatable bonds is 3. The second kappa shape index (κ2) is 5.53. The average Bonchev–Trinajstić information content (AvgIpc) is 3.09. The van der Waals surface area contributed by atoms with Gasteiger partial charge >= 0.3 is 0 Å². The average molecular weight is 271 g/mol. The smallest absolute Gasteiger partial charge is 0.154 e. The molecule has 4 heteroatoms. The van der Waals surface area contributed by atoms with Crippen LogP contribution >= 0.6 is 11.3 Å². The molecule has 3 heterocycles. The number of aryl methyl sites for hydroxylation is 1. The number of nitrogens with zero attached hydrogens (tertiary/aromatic N) is 3. The molecular formula is C15H17N3S. The lowest BCUT2D eigenvalue weighted by Gasteiger charge is -2.16. The van der Waals surface area contributed by atoms with Crippen LogP contribution in [0, 0.1) is 6.92 Å². The van der Waals surface area contributed by atoms with Crippen LogP contribution in [0.3, 0.4) is 0 Å². The Bertz CT molecular complexity index is 569. The molecule has 0 radical (unpaired) electrons. The van der Waals surface area contributed by atoms with Crippen LogP contribution in [0.2, 0.25) is 0 Å². The topological polar surface area (TPSA) is 29.0 Å². The molecule has 98 valence electrons. The maximum absolute atomic E-state index is 4.65. The Morgan fingerprint density at radius 2 is 2.05 bits per heavy atom. The molecule has 0 amide bonds. The van der Waals surface area contributed by atoms with Crippen molar-refractivity contribution < 1.29 is 0 Å². The van der Waals surface area contributed by atoms with Crippen molar-refractivity contribution in [2.75, 3.05) is 18.0 Å². The van der Waals surface area contributed by atoms with Gasteiger partial charge in [0, 0.05) is 29.7 Å². The van der Waals surface area contributed by atoms with Crippen LogP contribution in [0.4, 0.5) is 5.82 Å². The summed E-state index contributed by atoms with van der Waals surface area (Å²) in [6.45, 7) is 4.26. The number of thiophene rings is 1. The van der Waals surface area contributed by atoms with Gasteiger partial charge in [-0.1, -0.05) is 6.07 Å². The van der Waals surface area contributed by atoms with Crippen molar-refractivity contribution in [3.8, 4) is 0 Å². The van der Waals surface area contributed by atoms with E-state index in [2.05, 4.69) is 44.5 Å². The number of anilines is 1. The first-order valence-corrected chi connectivity index (χ1v) is 7.51. The van der Waals surface area contributed by atoms with Crippen LogP contribution in [0.15, 0.2) is 23.6 Å². The van der Waals surface area contributed by atoms with Crippen molar-refractivity contribution in [2.24, 2.45) is 0 Å². The van der Waals surface area contributed by atoms with Crippen LogP contribution in [-0.2, 0) is 0 Å². The molecule has 1 aliphatic rings. The predicted octanol–water partition coefficient (Wildman–Crippen LogP) is 3.62. The Kier molecular flexibility index (Phi) is 3.60. The van der Waals surface area contributed by atoms with E-state index < -0.39 is 0 Å². The fourth-order valence-electron chi connectivity index (χ4n) is 2.30. The summed E-state index contributed by atoms with van der Waals surface area (Å²) in [5.41, 5.74) is 1.03. The van der Waals surface area contributed by atoms with Crippen LogP contribution in [0.5, 0.6) is 0 Å². The molecule has 1 fully saturated rings. The van der Waals surface area contributed by atoms with E-state index in [0.29, 0.717) is 0 Å². The molecule has 0 atom stereocenters. The van der Waals surface area contributed by atoms with Gasteiger partial charge < -0.3 is 4.90 Å². The van der Waals surface area contributed by atoms with E-state index in [4.69, 9.17) is 0 Å². The molecule has 2 aromatic rings. The molecule has 3 nitrogen and oxygen atoms in total. The van der Waals surface area contributed by atoms with Crippen LogP contribution in [0.1, 0.15) is 29.2 Å². The van der Waals surface area contributed by atoms with E-state index >= 15 is 0 Å². The SMILES string of the molecule is Cc1cc(N2CCCC2)nc(/C=C/c2cccs2)n1. The monoisotopic (exact) mass is 271 g/mol. The number of hydrogen-bond donors (Lipinski definition) is 0. The summed E-state index contributed by atoms with van der Waals surface area (Å²) in [4.78, 5) is 12.7. The largest absolute Gasteiger partial charge is 0.356 e. The normalized spacial score (nSPS) is 15.5. The Morgan fingerprint density at radius 3 is 2.79 bits per heavy atom. The first-order chi connectivity index (χ1) is 9.31. The summed E-state index contributed by atoms with van der Waals surface area (Å²) in [5.74, 6) is 1.87. The molecule has 0 aliphatic carbocycles. The van der Waals surface area contributed by atoms with E-state index in [1.54, 1.807) is 11.3 Å². The molecule has 1 saturated heterocycles. The van der Waals surface area contributed by atoms with Crippen molar-refractivity contribution in [1.29, 1.82) is 0 Å². The molecule has 3 rings (SSSR count). The molecule has 0 spiro atoms. The molecule has 19 heavy (non-hydrogen) atoms. The lowest BCUT2D eigenvalue weighted by Crippen LogP contribution is -2.19. The van der Waals surface area contributed by atoms with Gasteiger partial charge in [-0.15, -0.1) is 11.3 Å². The summed E-state index contributed by atoms with van der Waals surface area (Å²) in [6.07, 6.45) is 6.61. The first-order valence-electron chi connectivity index (χ1n) is 6.63. The Balaban J connectivity index is 1.85. The third-order valence-electron chi connectivity index (χ3n) is 3.23. The predicted molar refractivity (Wildman–Crippen MR) is 81.5 cm³/mol. The Morgan fingerprint density at radius 1 is 1.21 bits per heavy atom. The summed E-state index contributed by atoms with van der Waals surface area (Å²) >= 11 is 1.72. The maximum Gasteiger partial charge on any atom is 0.154 e. The highest BCUT2D eigenvalue weighted by Gasteiger charge is 2.14. The lowest BCUT2D eigenvalue weighted by atomic mass is 10.3. The van der Waals surface area contributed by atoms with Crippen molar-refractivity contribution in [3.05, 3.63) is 40.0 Å². The highest BCUT2D eigenvalue weighted by atomic mass is 32.1. The summed E-state index contributed by atoms with van der Waals surface area (Å²) < 4.78 is 0. The zero-order valence-corrected chi connectivity index (χ0v) is 11.9. The number of hydrogen-bond acceptors (Lipinski definition) is 4. The van der Waals surface area contributed by atoms with Crippen molar-refractivity contribution in [1.82, 2.24) is 9.97 Å². The van der Waals surface area contributed by atoms with Crippen molar-refractivity contribution in [3.63, 3.8) is 0 Å². The molecule has 0 saturated carbocycles. The van der Waals surface area contributed by atoms with Gasteiger partial charge in [0.05, 0.1) is 0 Å². The van der Waals surface area contributed by atoms with Gasteiger partial charge in [-0.25, -0.2) is 9.97 Å². The van der Waals surface area contributed by atoms with E-state index in [1.807, 2.05) is 13.0 Å². The van der Waals surface area contributed by atoms with Crippen molar-refractivity contribution in [2.45, 2.75) is 19.8 Å². The minimum Gasteiger partial charge on any atom is -0.356 e. The van der Waals surface area contributed by atoms with E-state index in [9.17, 15) is 0 Å².